The molecular formula is C42H45N2+. The molecule has 0 bridgehead atoms. The summed E-state index contributed by atoms with van der Waals surface area (Å²) in [7, 11) is 0. The monoisotopic (exact) mass is 577 g/mol. The third kappa shape index (κ3) is 7.14. The molecule has 0 spiro atoms. The average Bonchev–Trinajstić information content (AvgIpc) is 3.07. The third-order valence-corrected chi connectivity index (χ3v) is 8.49. The largest absolute Gasteiger partial charge is 0.208 e. The first-order valence-corrected chi connectivity index (χ1v) is 16.2. The SMILES string of the molecule is CCCCc1cc(N=[N+](CC)C(=Cc2cc(C)c(C)c(-c3ccccc3)c2)CC)cc(-c2ccccc2)c1-c1ccccc1. The molecule has 2 heteroatoms. The smallest absolute Gasteiger partial charge is 0.0882 e. The molecule has 5 aromatic rings. The Balaban J connectivity index is 1.64. The van der Waals surface area contributed by atoms with Crippen LogP contribution in [0.3, 0.4) is 0 Å². The van der Waals surface area contributed by atoms with Gasteiger partial charge in [0.15, 0.2) is 6.54 Å². The Morgan fingerprint density at radius 3 is 1.84 bits per heavy atom. The Morgan fingerprint density at radius 2 is 1.27 bits per heavy atom. The molecule has 0 aliphatic carbocycles. The van der Waals surface area contributed by atoms with Crippen molar-refractivity contribution in [2.24, 2.45) is 5.11 Å². The Bertz CT molecular complexity index is 1750. The summed E-state index contributed by atoms with van der Waals surface area (Å²) in [4.78, 5) is 0. The number of hydrogen-bond donors (Lipinski definition) is 0. The van der Waals surface area contributed by atoms with E-state index in [1.807, 2.05) is 0 Å². The van der Waals surface area contributed by atoms with Gasteiger partial charge in [0.25, 0.3) is 0 Å². The van der Waals surface area contributed by atoms with Crippen molar-refractivity contribution in [1.29, 1.82) is 0 Å². The van der Waals surface area contributed by atoms with Crippen LogP contribution in [0.4, 0.5) is 5.69 Å². The number of benzene rings is 5. The molecule has 0 saturated carbocycles. The predicted octanol–water partition coefficient (Wildman–Crippen LogP) is 12.2. The number of aryl methyl sites for hydroxylation is 2. The number of allylic oxidation sites excluding steroid dienone is 1. The molecule has 0 unspecified atom stereocenters. The first-order chi connectivity index (χ1) is 21.5. The van der Waals surface area contributed by atoms with Gasteiger partial charge in [0.05, 0.1) is 0 Å². The number of azo groups is 2. The third-order valence-electron chi connectivity index (χ3n) is 8.49. The summed E-state index contributed by atoms with van der Waals surface area (Å²) in [6.45, 7) is 11.9. The highest BCUT2D eigenvalue weighted by molar-refractivity contribution is 5.88. The first-order valence-electron chi connectivity index (χ1n) is 16.2. The summed E-state index contributed by atoms with van der Waals surface area (Å²) in [6.07, 6.45) is 6.53. The van der Waals surface area contributed by atoms with E-state index in [0.29, 0.717) is 0 Å². The van der Waals surface area contributed by atoms with Crippen molar-refractivity contribution in [3.8, 4) is 33.4 Å². The molecule has 0 aliphatic rings. The molecule has 0 heterocycles. The quantitative estimate of drug-likeness (QED) is 0.110. The maximum Gasteiger partial charge on any atom is 0.208 e. The second-order valence-corrected chi connectivity index (χ2v) is 11.5. The number of nitrogens with zero attached hydrogens (tertiary/aromatic N) is 2. The van der Waals surface area contributed by atoms with Crippen LogP contribution in [-0.2, 0) is 6.42 Å². The highest BCUT2D eigenvalue weighted by atomic mass is 15.3. The van der Waals surface area contributed by atoms with Crippen molar-refractivity contribution in [2.75, 3.05) is 6.54 Å². The lowest BCUT2D eigenvalue weighted by Crippen LogP contribution is -2.08. The van der Waals surface area contributed by atoms with Crippen LogP contribution in [0.2, 0.25) is 0 Å². The Morgan fingerprint density at radius 1 is 0.682 bits per heavy atom. The van der Waals surface area contributed by atoms with Gasteiger partial charge in [0, 0.05) is 12.5 Å². The molecular weight excluding hydrogens is 532 g/mol. The van der Waals surface area contributed by atoms with E-state index >= 15 is 0 Å². The van der Waals surface area contributed by atoms with Crippen LogP contribution in [0.1, 0.15) is 62.3 Å². The van der Waals surface area contributed by atoms with Gasteiger partial charge in [-0.25, -0.2) is 0 Å². The molecule has 0 aromatic heterocycles. The minimum atomic E-state index is 0.793. The molecule has 44 heavy (non-hydrogen) atoms. The first kappa shape index (κ1) is 30.9. The topological polar surface area (TPSA) is 15.4 Å². The van der Waals surface area contributed by atoms with Crippen LogP contribution in [0.25, 0.3) is 39.5 Å². The van der Waals surface area contributed by atoms with Crippen LogP contribution in [0, 0.1) is 13.8 Å². The lowest BCUT2D eigenvalue weighted by Gasteiger charge is -2.17. The minimum Gasteiger partial charge on any atom is -0.0882 e. The molecule has 0 amide bonds. The highest BCUT2D eigenvalue weighted by Crippen LogP contribution is 2.39. The van der Waals surface area contributed by atoms with Crippen molar-refractivity contribution in [3.63, 3.8) is 0 Å². The van der Waals surface area contributed by atoms with Gasteiger partial charge in [0.2, 0.25) is 5.70 Å². The standard InChI is InChI=1S/C42H45N2/c1-6-9-19-37-29-38(30-41(35-22-15-11-16-23-35)42(37)36-24-17-12-18-25-36)43-44(8-3)39(7-2)27-33-26-31(4)32(5)40(28-33)34-20-13-10-14-21-34/h10-18,20-30H,6-9,19H2,1-5H3/q+1. The van der Waals surface area contributed by atoms with Gasteiger partial charge in [-0.15, -0.1) is 0 Å². The van der Waals surface area contributed by atoms with Crippen molar-refractivity contribution >= 4 is 11.8 Å². The Labute approximate surface area is 264 Å². The van der Waals surface area contributed by atoms with Gasteiger partial charge in [-0.3, -0.25) is 0 Å². The summed E-state index contributed by atoms with van der Waals surface area (Å²) in [5.41, 5.74) is 15.0. The number of unbranched alkanes of at least 4 members (excludes halogenated alkanes) is 1. The average molecular weight is 578 g/mol. The number of hydrogen-bond acceptors (Lipinski definition) is 1. The fourth-order valence-corrected chi connectivity index (χ4v) is 6.02. The van der Waals surface area contributed by atoms with E-state index < -0.39 is 0 Å². The van der Waals surface area contributed by atoms with E-state index in [9.17, 15) is 0 Å². The molecule has 0 radical (unpaired) electrons. The summed E-state index contributed by atoms with van der Waals surface area (Å²) < 4.78 is 2.19. The Hall–Kier alpha value is -4.56. The van der Waals surface area contributed by atoms with Gasteiger partial charge in [0.1, 0.15) is 5.69 Å². The summed E-state index contributed by atoms with van der Waals surface area (Å²) in [5, 5.41) is 5.32. The second kappa shape index (κ2) is 14.8. The van der Waals surface area contributed by atoms with Gasteiger partial charge in [-0.05, 0) is 113 Å². The predicted molar refractivity (Wildman–Crippen MR) is 188 cm³/mol. The van der Waals surface area contributed by atoms with Crippen LogP contribution >= 0.6 is 0 Å². The molecule has 0 atom stereocenters. The maximum atomic E-state index is 5.32. The molecule has 0 fully saturated rings. The van der Waals surface area contributed by atoms with E-state index in [0.717, 1.165) is 37.9 Å². The lowest BCUT2D eigenvalue weighted by atomic mass is 9.88. The van der Waals surface area contributed by atoms with Gasteiger partial charge < -0.3 is 0 Å². The number of rotatable bonds is 11. The van der Waals surface area contributed by atoms with Crippen molar-refractivity contribution in [2.45, 2.75) is 60.3 Å². The summed E-state index contributed by atoms with van der Waals surface area (Å²) in [6, 6.07) is 41.6. The Kier molecular flexibility index (Phi) is 10.4. The normalized spacial score (nSPS) is 12.0. The van der Waals surface area contributed by atoms with Crippen LogP contribution < -0.4 is 0 Å². The molecule has 0 saturated heterocycles. The zero-order valence-corrected chi connectivity index (χ0v) is 27.0. The summed E-state index contributed by atoms with van der Waals surface area (Å²) >= 11 is 0. The highest BCUT2D eigenvalue weighted by Gasteiger charge is 2.18. The van der Waals surface area contributed by atoms with Crippen molar-refractivity contribution < 1.29 is 4.70 Å². The second-order valence-electron chi connectivity index (χ2n) is 11.5. The van der Waals surface area contributed by atoms with Crippen molar-refractivity contribution in [3.05, 3.63) is 143 Å². The fourth-order valence-electron chi connectivity index (χ4n) is 6.02. The molecule has 5 rings (SSSR count). The maximum absolute atomic E-state index is 5.32. The molecule has 0 N–H and O–H groups in total. The van der Waals surface area contributed by atoms with E-state index in [2.05, 4.69) is 161 Å². The van der Waals surface area contributed by atoms with Gasteiger partial charge in [-0.1, -0.05) is 122 Å². The van der Waals surface area contributed by atoms with Gasteiger partial charge >= 0.3 is 0 Å². The van der Waals surface area contributed by atoms with E-state index in [1.54, 1.807) is 0 Å². The zero-order chi connectivity index (χ0) is 30.9. The summed E-state index contributed by atoms with van der Waals surface area (Å²) in [5.74, 6) is 0. The van der Waals surface area contributed by atoms with E-state index in [-0.39, 0.29) is 0 Å². The zero-order valence-electron chi connectivity index (χ0n) is 27.0. The van der Waals surface area contributed by atoms with Gasteiger partial charge in [-0.2, -0.15) is 0 Å². The van der Waals surface area contributed by atoms with Crippen molar-refractivity contribution in [1.82, 2.24) is 0 Å². The van der Waals surface area contributed by atoms with Crippen LogP contribution in [0.15, 0.2) is 126 Å². The van der Waals surface area contributed by atoms with Crippen LogP contribution in [-0.4, -0.2) is 11.2 Å². The molecule has 222 valence electrons. The van der Waals surface area contributed by atoms with E-state index in [1.165, 1.54) is 61.3 Å². The fraction of sp³-hybridized carbons (Fsp3) is 0.238. The molecule has 0 aliphatic heterocycles. The molecule has 2 nitrogen and oxygen atoms in total. The lowest BCUT2D eigenvalue weighted by molar-refractivity contribution is -0.539. The van der Waals surface area contributed by atoms with Crippen LogP contribution in [0.5, 0.6) is 0 Å². The van der Waals surface area contributed by atoms with E-state index in [4.69, 9.17) is 5.11 Å². The molecule has 5 aromatic carbocycles. The minimum absolute atomic E-state index is 0.793.